The Labute approximate surface area is 200 Å². The number of fused-ring (bicyclic) bond motifs is 2. The number of hydrogen-bond donors (Lipinski definition) is 3. The molecule has 1 unspecified atom stereocenters. The van der Waals surface area contributed by atoms with Crippen LogP contribution >= 0.6 is 11.3 Å². The van der Waals surface area contributed by atoms with Crippen LogP contribution < -0.4 is 10.1 Å². The number of aromatic nitrogens is 2. The lowest BCUT2D eigenvalue weighted by Gasteiger charge is -2.31. The number of methoxy groups -OCH3 is 1. The third-order valence-electron chi connectivity index (χ3n) is 6.03. The van der Waals surface area contributed by atoms with Gasteiger partial charge >= 0.3 is 5.97 Å². The summed E-state index contributed by atoms with van der Waals surface area (Å²) in [5.41, 5.74) is 4.21. The van der Waals surface area contributed by atoms with Gasteiger partial charge in [0, 0.05) is 65.2 Å². The van der Waals surface area contributed by atoms with Gasteiger partial charge in [-0.15, -0.1) is 11.3 Å². The number of aromatic amines is 1. The molecule has 0 aliphatic carbocycles. The Kier molecular flexibility index (Phi) is 5.80. The fraction of sp³-hybridized carbons (Fsp3) is 0.240. The highest BCUT2D eigenvalue weighted by molar-refractivity contribution is 7.15. The highest BCUT2D eigenvalue weighted by Crippen LogP contribution is 2.37. The molecule has 34 heavy (non-hydrogen) atoms. The molecule has 2 aromatic heterocycles. The number of carboxylic acid groups (broad SMARTS) is 1. The van der Waals surface area contributed by atoms with Gasteiger partial charge in [0.25, 0.3) is 0 Å². The standard InChI is InChI=1S/C25H24N4O4S/c1-14(30)27-16-5-8-18-19(12-26-21(18)11-16)23(25(31)32)29-10-9-20-22(13-29)34-24(28-20)15-3-6-17(33-2)7-4-15/h3-8,11-12,23,26H,9-10,13H2,1-2H3,(H,27,30)(H,31,32). The van der Waals surface area contributed by atoms with E-state index in [9.17, 15) is 14.7 Å². The summed E-state index contributed by atoms with van der Waals surface area (Å²) in [5.74, 6) is -0.254. The predicted molar refractivity (Wildman–Crippen MR) is 131 cm³/mol. The molecule has 3 heterocycles. The van der Waals surface area contributed by atoms with Gasteiger partial charge in [-0.25, -0.2) is 4.98 Å². The van der Waals surface area contributed by atoms with Crippen molar-refractivity contribution in [1.82, 2.24) is 14.9 Å². The third kappa shape index (κ3) is 4.15. The number of carbonyl (C=O) groups is 2. The smallest absolute Gasteiger partial charge is 0.325 e. The third-order valence-corrected chi connectivity index (χ3v) is 7.16. The zero-order chi connectivity index (χ0) is 23.8. The van der Waals surface area contributed by atoms with E-state index in [2.05, 4.69) is 10.3 Å². The SMILES string of the molecule is COc1ccc(-c2nc3c(s2)CN(C(C(=O)O)c2c[nH]c4cc(NC(C)=O)ccc24)CC3)cc1. The maximum atomic E-state index is 12.4. The number of aliphatic carboxylic acids is 1. The Bertz CT molecular complexity index is 1380. The van der Waals surface area contributed by atoms with Gasteiger partial charge in [-0.05, 0) is 36.4 Å². The van der Waals surface area contributed by atoms with Gasteiger partial charge in [-0.2, -0.15) is 0 Å². The molecule has 1 aliphatic rings. The Morgan fingerprint density at radius 3 is 2.74 bits per heavy atom. The van der Waals surface area contributed by atoms with Gasteiger partial charge in [0.05, 0.1) is 12.8 Å². The number of hydrogen-bond acceptors (Lipinski definition) is 6. The molecular weight excluding hydrogens is 452 g/mol. The monoisotopic (exact) mass is 476 g/mol. The molecule has 174 valence electrons. The summed E-state index contributed by atoms with van der Waals surface area (Å²) in [6.07, 6.45) is 2.45. The average Bonchev–Trinajstić information content (AvgIpc) is 3.42. The molecule has 5 rings (SSSR count). The highest BCUT2D eigenvalue weighted by atomic mass is 32.1. The van der Waals surface area contributed by atoms with Crippen LogP contribution in [0.15, 0.2) is 48.7 Å². The van der Waals surface area contributed by atoms with E-state index < -0.39 is 12.0 Å². The van der Waals surface area contributed by atoms with E-state index >= 15 is 0 Å². The number of H-pyrrole nitrogens is 1. The van der Waals surface area contributed by atoms with E-state index in [4.69, 9.17) is 9.72 Å². The van der Waals surface area contributed by atoms with E-state index in [1.807, 2.05) is 41.3 Å². The maximum absolute atomic E-state index is 12.4. The molecule has 4 aromatic rings. The van der Waals surface area contributed by atoms with Crippen LogP contribution in [0.4, 0.5) is 5.69 Å². The van der Waals surface area contributed by atoms with E-state index in [0.29, 0.717) is 30.8 Å². The molecule has 0 bridgehead atoms. The first-order chi connectivity index (χ1) is 16.4. The van der Waals surface area contributed by atoms with Gasteiger partial charge < -0.3 is 20.1 Å². The topological polar surface area (TPSA) is 108 Å². The van der Waals surface area contributed by atoms with E-state index in [1.54, 1.807) is 30.7 Å². The summed E-state index contributed by atoms with van der Waals surface area (Å²) in [7, 11) is 1.64. The number of carbonyl (C=O) groups excluding carboxylic acids is 1. The molecule has 1 aliphatic heterocycles. The van der Waals surface area contributed by atoms with Crippen LogP contribution in [-0.2, 0) is 22.6 Å². The Hall–Kier alpha value is -3.69. The summed E-state index contributed by atoms with van der Waals surface area (Å²) in [4.78, 5) is 34.9. The summed E-state index contributed by atoms with van der Waals surface area (Å²) in [6, 6.07) is 12.5. The van der Waals surface area contributed by atoms with Crippen LogP contribution in [0.3, 0.4) is 0 Å². The van der Waals surface area contributed by atoms with Crippen LogP contribution in [0.5, 0.6) is 5.75 Å². The molecule has 0 fully saturated rings. The number of thiazole rings is 1. The van der Waals surface area contributed by atoms with Crippen molar-refractivity contribution in [2.24, 2.45) is 0 Å². The van der Waals surface area contributed by atoms with E-state index in [-0.39, 0.29) is 5.91 Å². The van der Waals surface area contributed by atoms with Gasteiger partial charge in [0.2, 0.25) is 5.91 Å². The van der Waals surface area contributed by atoms with Gasteiger partial charge in [0.15, 0.2) is 0 Å². The molecule has 2 aromatic carbocycles. The average molecular weight is 477 g/mol. The second kappa shape index (κ2) is 8.92. The first-order valence-corrected chi connectivity index (χ1v) is 11.7. The molecule has 9 heteroatoms. The lowest BCUT2D eigenvalue weighted by atomic mass is 10.0. The first-order valence-electron chi connectivity index (χ1n) is 10.9. The second-order valence-corrected chi connectivity index (χ2v) is 9.35. The zero-order valence-corrected chi connectivity index (χ0v) is 19.6. The minimum atomic E-state index is -0.893. The fourth-order valence-electron chi connectivity index (χ4n) is 4.43. The van der Waals surface area contributed by atoms with Gasteiger partial charge in [0.1, 0.15) is 16.8 Å². The Morgan fingerprint density at radius 1 is 1.24 bits per heavy atom. The summed E-state index contributed by atoms with van der Waals surface area (Å²) >= 11 is 1.61. The van der Waals surface area contributed by atoms with Crippen molar-refractivity contribution in [3.63, 3.8) is 0 Å². The van der Waals surface area contributed by atoms with Crippen molar-refractivity contribution in [2.45, 2.75) is 25.9 Å². The van der Waals surface area contributed by atoms with Crippen molar-refractivity contribution >= 4 is 39.8 Å². The molecule has 1 amide bonds. The molecule has 8 nitrogen and oxygen atoms in total. The Balaban J connectivity index is 1.42. The van der Waals surface area contributed by atoms with Crippen LogP contribution in [0.25, 0.3) is 21.5 Å². The summed E-state index contributed by atoms with van der Waals surface area (Å²) < 4.78 is 5.24. The van der Waals surface area contributed by atoms with Crippen molar-refractivity contribution in [3.8, 4) is 16.3 Å². The largest absolute Gasteiger partial charge is 0.497 e. The van der Waals surface area contributed by atoms with Crippen LogP contribution in [0.2, 0.25) is 0 Å². The number of nitrogens with one attached hydrogen (secondary N) is 2. The maximum Gasteiger partial charge on any atom is 0.325 e. The second-order valence-electron chi connectivity index (χ2n) is 8.26. The molecule has 0 radical (unpaired) electrons. The summed E-state index contributed by atoms with van der Waals surface area (Å²) in [5, 5.41) is 14.7. The number of ether oxygens (including phenoxy) is 1. The molecule has 0 spiro atoms. The molecule has 0 saturated carbocycles. The number of rotatable bonds is 6. The zero-order valence-electron chi connectivity index (χ0n) is 18.8. The first kappa shape index (κ1) is 22.1. The highest BCUT2D eigenvalue weighted by Gasteiger charge is 2.33. The fourth-order valence-corrected chi connectivity index (χ4v) is 5.57. The number of benzene rings is 2. The minimum absolute atomic E-state index is 0.155. The molecule has 0 saturated heterocycles. The van der Waals surface area contributed by atoms with Crippen molar-refractivity contribution in [2.75, 3.05) is 19.0 Å². The molecule has 3 N–H and O–H groups in total. The summed E-state index contributed by atoms with van der Waals surface area (Å²) in [6.45, 7) is 2.58. The van der Waals surface area contributed by atoms with Crippen LogP contribution in [0, 0.1) is 0 Å². The van der Waals surface area contributed by atoms with Crippen LogP contribution in [0.1, 0.15) is 29.1 Å². The van der Waals surface area contributed by atoms with Crippen LogP contribution in [-0.4, -0.2) is 45.5 Å². The quantitative estimate of drug-likeness (QED) is 0.380. The van der Waals surface area contributed by atoms with Crippen molar-refractivity contribution < 1.29 is 19.4 Å². The number of nitrogens with zero attached hydrogens (tertiary/aromatic N) is 2. The van der Waals surface area contributed by atoms with E-state index in [1.165, 1.54) is 6.92 Å². The normalized spacial score (nSPS) is 14.5. The van der Waals surface area contributed by atoms with E-state index in [0.717, 1.165) is 37.8 Å². The number of anilines is 1. The molecule has 1 atom stereocenters. The van der Waals surface area contributed by atoms with Crippen molar-refractivity contribution in [1.29, 1.82) is 0 Å². The minimum Gasteiger partial charge on any atom is -0.497 e. The lowest BCUT2D eigenvalue weighted by molar-refractivity contribution is -0.144. The van der Waals surface area contributed by atoms with Crippen molar-refractivity contribution in [3.05, 3.63) is 64.8 Å². The molecular formula is C25H24N4O4S. The van der Waals surface area contributed by atoms with Gasteiger partial charge in [-0.3, -0.25) is 14.5 Å². The lowest BCUT2D eigenvalue weighted by Crippen LogP contribution is -2.37. The number of carboxylic acids is 1. The Morgan fingerprint density at radius 2 is 2.03 bits per heavy atom. The predicted octanol–water partition coefficient (Wildman–Crippen LogP) is 4.44. The van der Waals surface area contributed by atoms with Gasteiger partial charge in [-0.1, -0.05) is 6.07 Å². The number of amides is 1.